The molecule has 2 heterocycles. The molecule has 0 saturated heterocycles. The summed E-state index contributed by atoms with van der Waals surface area (Å²) in [5.74, 6) is 0.0560. The maximum absolute atomic E-state index is 12.6. The smallest absolute Gasteiger partial charge is 0.256 e. The van der Waals surface area contributed by atoms with E-state index in [2.05, 4.69) is 46.4 Å². The first-order chi connectivity index (χ1) is 14.3. The van der Waals surface area contributed by atoms with Gasteiger partial charge in [0.05, 0.1) is 5.39 Å². The van der Waals surface area contributed by atoms with Crippen LogP contribution >= 0.6 is 0 Å². The number of nitrogen functional groups attached to an aromatic ring is 1. The summed E-state index contributed by atoms with van der Waals surface area (Å²) < 4.78 is 1.58. The predicted molar refractivity (Wildman–Crippen MR) is 117 cm³/mol. The monoisotopic (exact) mass is 407 g/mol. The highest BCUT2D eigenvalue weighted by atomic mass is 16.2. The zero-order chi connectivity index (χ0) is 21.6. The summed E-state index contributed by atoms with van der Waals surface area (Å²) in [6, 6.07) is 8.80. The van der Waals surface area contributed by atoms with Gasteiger partial charge in [-0.25, -0.2) is 4.98 Å². The topological polar surface area (TPSA) is 132 Å². The van der Waals surface area contributed by atoms with E-state index >= 15 is 0 Å². The summed E-state index contributed by atoms with van der Waals surface area (Å²) >= 11 is 0. The molecule has 1 saturated carbocycles. The lowest BCUT2D eigenvalue weighted by molar-refractivity contribution is 0.1000. The van der Waals surface area contributed by atoms with E-state index < -0.39 is 11.3 Å². The van der Waals surface area contributed by atoms with Crippen LogP contribution in [-0.4, -0.2) is 45.5 Å². The average molecular weight is 407 g/mol. The van der Waals surface area contributed by atoms with Crippen molar-refractivity contribution in [3.63, 3.8) is 0 Å². The summed E-state index contributed by atoms with van der Waals surface area (Å²) in [6.45, 7) is 2.26. The van der Waals surface area contributed by atoms with Crippen molar-refractivity contribution >= 4 is 34.4 Å². The molecule has 30 heavy (non-hydrogen) atoms. The normalized spacial score (nSPS) is 18.0. The lowest BCUT2D eigenvalue weighted by Crippen LogP contribution is -2.28. The number of amides is 1. The Labute approximate surface area is 173 Å². The van der Waals surface area contributed by atoms with E-state index in [4.69, 9.17) is 11.5 Å². The van der Waals surface area contributed by atoms with Gasteiger partial charge >= 0.3 is 0 Å². The molecule has 1 aliphatic carbocycles. The van der Waals surface area contributed by atoms with E-state index in [-0.39, 0.29) is 16.8 Å². The summed E-state index contributed by atoms with van der Waals surface area (Å²) in [5.41, 5.74) is 13.1. The second-order valence-corrected chi connectivity index (χ2v) is 7.75. The molecule has 0 spiro atoms. The van der Waals surface area contributed by atoms with Crippen molar-refractivity contribution in [3.8, 4) is 0 Å². The van der Waals surface area contributed by atoms with Crippen LogP contribution in [-0.2, 0) is 6.54 Å². The number of aryl methyl sites for hydroxylation is 1. The highest BCUT2D eigenvalue weighted by Crippen LogP contribution is 2.43. The Morgan fingerprint density at radius 1 is 1.30 bits per heavy atom. The summed E-state index contributed by atoms with van der Waals surface area (Å²) in [6.07, 6.45) is 2.57. The number of primary amides is 1. The quantitative estimate of drug-likeness (QED) is 0.566. The van der Waals surface area contributed by atoms with Crippen molar-refractivity contribution in [3.05, 3.63) is 51.8 Å². The minimum atomic E-state index is -0.865. The molecule has 5 N–H and O–H groups in total. The number of nitrogens with one attached hydrogen (secondary N) is 1. The maximum atomic E-state index is 12.6. The Balaban J connectivity index is 1.65. The van der Waals surface area contributed by atoms with Crippen LogP contribution in [0.2, 0.25) is 0 Å². The molecule has 1 aromatic carbocycles. The van der Waals surface area contributed by atoms with E-state index in [0.29, 0.717) is 30.1 Å². The van der Waals surface area contributed by atoms with Crippen LogP contribution in [0.3, 0.4) is 0 Å². The first-order valence-electron chi connectivity index (χ1n) is 9.84. The minimum Gasteiger partial charge on any atom is -0.384 e. The Morgan fingerprint density at radius 3 is 2.57 bits per heavy atom. The average Bonchev–Trinajstić information content (AvgIpc) is 3.50. The molecule has 4 rings (SSSR count). The highest BCUT2D eigenvalue weighted by Gasteiger charge is 2.39. The molecule has 0 bridgehead atoms. The van der Waals surface area contributed by atoms with E-state index in [1.165, 1.54) is 18.2 Å². The fraction of sp³-hybridized carbons (Fsp3) is 0.333. The van der Waals surface area contributed by atoms with Crippen molar-refractivity contribution in [2.75, 3.05) is 25.1 Å². The molecule has 0 unspecified atom stereocenters. The highest BCUT2D eigenvalue weighted by molar-refractivity contribution is 6.00. The molecule has 9 nitrogen and oxygen atoms in total. The van der Waals surface area contributed by atoms with Crippen molar-refractivity contribution in [2.24, 2.45) is 5.73 Å². The minimum absolute atomic E-state index is 0.0105. The summed E-state index contributed by atoms with van der Waals surface area (Å²) in [7, 11) is 4.21. The number of likely N-dealkylation sites (N-methyl/N-ethyl adjacent to an activating group) is 1. The number of hydrogen-bond donors (Lipinski definition) is 3. The third-order valence-corrected chi connectivity index (χ3v) is 5.62. The van der Waals surface area contributed by atoms with Crippen LogP contribution in [0.1, 0.15) is 35.2 Å². The molecule has 1 amide bonds. The van der Waals surface area contributed by atoms with Gasteiger partial charge in [0.15, 0.2) is 5.65 Å². The van der Waals surface area contributed by atoms with Crippen LogP contribution < -0.4 is 22.2 Å². The Bertz CT molecular complexity index is 1180. The van der Waals surface area contributed by atoms with Crippen molar-refractivity contribution in [1.29, 1.82) is 0 Å². The first-order valence-corrected chi connectivity index (χ1v) is 9.84. The zero-order valence-electron chi connectivity index (χ0n) is 17.2. The van der Waals surface area contributed by atoms with Crippen LogP contribution in [0.15, 0.2) is 35.3 Å². The Hall–Kier alpha value is -3.46. The number of fused-ring (bicyclic) bond motifs is 1. The Morgan fingerprint density at radius 2 is 2.00 bits per heavy atom. The number of aromatic nitrogens is 3. The van der Waals surface area contributed by atoms with E-state index in [1.807, 2.05) is 19.1 Å². The molecule has 9 heteroatoms. The summed E-state index contributed by atoms with van der Waals surface area (Å²) in [5, 5.41) is 3.36. The van der Waals surface area contributed by atoms with E-state index in [9.17, 15) is 9.59 Å². The van der Waals surface area contributed by atoms with Crippen LogP contribution in [0.4, 0.5) is 17.5 Å². The Kier molecular flexibility index (Phi) is 4.90. The third-order valence-electron chi connectivity index (χ3n) is 5.62. The van der Waals surface area contributed by atoms with Gasteiger partial charge in [0.25, 0.3) is 5.91 Å². The van der Waals surface area contributed by atoms with Crippen molar-refractivity contribution in [2.45, 2.75) is 31.8 Å². The van der Waals surface area contributed by atoms with Gasteiger partial charge in [0, 0.05) is 30.4 Å². The van der Waals surface area contributed by atoms with Gasteiger partial charge in [-0.1, -0.05) is 12.1 Å². The predicted octanol–water partition coefficient (Wildman–Crippen LogP) is 1.65. The zero-order valence-corrected chi connectivity index (χ0v) is 17.2. The number of hydrogen-bond acceptors (Lipinski definition) is 7. The van der Waals surface area contributed by atoms with Gasteiger partial charge in [0.1, 0.15) is 11.4 Å². The second-order valence-electron chi connectivity index (χ2n) is 7.75. The number of anilines is 3. The van der Waals surface area contributed by atoms with Gasteiger partial charge in [-0.15, -0.1) is 0 Å². The standard InChI is InChI=1S/C21H25N7O2/c1-4-28-18(22)16(19(23)30)17(29)14-10-24-21(26-20(14)28)25-12-7-5-11(6-8-12)13-9-15(13)27(2)3/h5-8,10,13,15H,4,9,22H2,1-3H3,(H2,23,30)(H,24,25,26)/t13-,15+/m0/s1. The van der Waals surface area contributed by atoms with E-state index in [0.717, 1.165) is 5.69 Å². The van der Waals surface area contributed by atoms with Gasteiger partial charge in [-0.3, -0.25) is 9.59 Å². The lowest BCUT2D eigenvalue weighted by atomic mass is 10.1. The van der Waals surface area contributed by atoms with E-state index in [1.54, 1.807) is 4.57 Å². The fourth-order valence-corrected chi connectivity index (χ4v) is 3.91. The number of pyridine rings is 1. The third kappa shape index (κ3) is 3.37. The molecular formula is C21H25N7O2. The molecule has 2 atom stereocenters. The van der Waals surface area contributed by atoms with Gasteiger partial charge in [-0.2, -0.15) is 4.98 Å². The molecule has 156 valence electrons. The number of nitrogens with two attached hydrogens (primary N) is 2. The molecule has 2 aromatic heterocycles. The molecular weight excluding hydrogens is 382 g/mol. The van der Waals surface area contributed by atoms with Crippen LogP contribution in [0, 0.1) is 0 Å². The molecule has 1 fully saturated rings. The number of rotatable bonds is 6. The molecule has 3 aromatic rings. The fourth-order valence-electron chi connectivity index (χ4n) is 3.91. The summed E-state index contributed by atoms with van der Waals surface area (Å²) in [4.78, 5) is 35.2. The number of benzene rings is 1. The van der Waals surface area contributed by atoms with Crippen LogP contribution in [0.25, 0.3) is 11.0 Å². The SMILES string of the molecule is CCn1c(N)c(C(N)=O)c(=O)c2cnc(Nc3ccc([C@@H]4C[C@H]4N(C)C)cc3)nc21. The number of nitrogens with zero attached hydrogens (tertiary/aromatic N) is 4. The molecule has 0 radical (unpaired) electrons. The maximum Gasteiger partial charge on any atom is 0.256 e. The largest absolute Gasteiger partial charge is 0.384 e. The van der Waals surface area contributed by atoms with Gasteiger partial charge < -0.3 is 26.3 Å². The van der Waals surface area contributed by atoms with Gasteiger partial charge in [-0.05, 0) is 45.1 Å². The molecule has 0 aliphatic heterocycles. The second kappa shape index (κ2) is 7.42. The molecule has 1 aliphatic rings. The number of carbonyl (C=O) groups excluding carboxylic acids is 1. The van der Waals surface area contributed by atoms with Gasteiger partial charge in [0.2, 0.25) is 11.4 Å². The number of carbonyl (C=O) groups is 1. The van der Waals surface area contributed by atoms with Crippen LogP contribution in [0.5, 0.6) is 0 Å². The lowest BCUT2D eigenvalue weighted by Gasteiger charge is -2.15. The van der Waals surface area contributed by atoms with Crippen molar-refractivity contribution in [1.82, 2.24) is 19.4 Å². The first kappa shape index (κ1) is 19.8. The van der Waals surface area contributed by atoms with Crippen molar-refractivity contribution < 1.29 is 4.79 Å².